The van der Waals surface area contributed by atoms with Crippen molar-refractivity contribution >= 4 is 5.91 Å². The zero-order valence-electron chi connectivity index (χ0n) is 10.3. The number of carbonyl (C=O) groups excluding carboxylic acids is 1. The molecule has 1 fully saturated rings. The van der Waals surface area contributed by atoms with Crippen LogP contribution in [0.2, 0.25) is 0 Å². The number of piperidine rings is 1. The number of hydrogen-bond donors (Lipinski definition) is 1. The van der Waals surface area contributed by atoms with Gasteiger partial charge in [-0.25, -0.2) is 4.98 Å². The molecular weight excluding hydrogens is 216 g/mol. The van der Waals surface area contributed by atoms with Gasteiger partial charge in [0, 0.05) is 51.4 Å². The number of aromatic nitrogens is 2. The van der Waals surface area contributed by atoms with Crippen LogP contribution in [0, 0.1) is 0 Å². The number of nitrogens with two attached hydrogens (primary N) is 1. The van der Waals surface area contributed by atoms with E-state index in [1.54, 1.807) is 6.20 Å². The highest BCUT2D eigenvalue weighted by Gasteiger charge is 2.20. The van der Waals surface area contributed by atoms with Gasteiger partial charge >= 0.3 is 0 Å². The molecule has 0 saturated carbocycles. The molecule has 94 valence electrons. The Morgan fingerprint density at radius 3 is 2.82 bits per heavy atom. The van der Waals surface area contributed by atoms with Gasteiger partial charge in [0.1, 0.15) is 5.82 Å². The van der Waals surface area contributed by atoms with Gasteiger partial charge in [0.2, 0.25) is 5.91 Å². The Labute approximate surface area is 102 Å². The molecule has 1 aliphatic rings. The number of aryl methyl sites for hydroxylation is 2. The van der Waals surface area contributed by atoms with Crippen LogP contribution < -0.4 is 5.73 Å². The molecule has 1 aromatic rings. The van der Waals surface area contributed by atoms with Crippen molar-refractivity contribution in [3.63, 3.8) is 0 Å². The van der Waals surface area contributed by atoms with Crippen LogP contribution in [0.1, 0.15) is 25.1 Å². The third kappa shape index (κ3) is 3.06. The highest BCUT2D eigenvalue weighted by Crippen LogP contribution is 2.10. The fourth-order valence-electron chi connectivity index (χ4n) is 2.16. The molecule has 5 heteroatoms. The number of amides is 1. The summed E-state index contributed by atoms with van der Waals surface area (Å²) in [5.41, 5.74) is 5.82. The number of rotatable bonds is 3. The summed E-state index contributed by atoms with van der Waals surface area (Å²) in [6.07, 6.45) is 6.77. The maximum Gasteiger partial charge on any atom is 0.223 e. The van der Waals surface area contributed by atoms with Gasteiger partial charge in [-0.05, 0) is 12.8 Å². The molecule has 0 aromatic carbocycles. The molecule has 1 aliphatic heterocycles. The summed E-state index contributed by atoms with van der Waals surface area (Å²) in [6.45, 7) is 1.61. The maximum absolute atomic E-state index is 12.0. The zero-order valence-corrected chi connectivity index (χ0v) is 10.3. The lowest BCUT2D eigenvalue weighted by Crippen LogP contribution is -2.42. The van der Waals surface area contributed by atoms with Crippen LogP contribution in [0.25, 0.3) is 0 Å². The molecular formula is C12H20N4O. The number of hydrogen-bond acceptors (Lipinski definition) is 3. The van der Waals surface area contributed by atoms with Gasteiger partial charge in [0.05, 0.1) is 0 Å². The van der Waals surface area contributed by atoms with Crippen molar-refractivity contribution in [2.75, 3.05) is 13.1 Å². The molecule has 2 rings (SSSR count). The Morgan fingerprint density at radius 2 is 2.24 bits per heavy atom. The Hall–Kier alpha value is -1.36. The molecule has 5 nitrogen and oxygen atoms in total. The zero-order chi connectivity index (χ0) is 12.3. The highest BCUT2D eigenvalue weighted by atomic mass is 16.2. The molecule has 0 spiro atoms. The normalized spacial score (nSPS) is 17.4. The Balaban J connectivity index is 1.80. The molecule has 0 aliphatic carbocycles. The Morgan fingerprint density at radius 1 is 1.53 bits per heavy atom. The number of likely N-dealkylation sites (tertiary alicyclic amines) is 1. The molecule has 0 radical (unpaired) electrons. The van der Waals surface area contributed by atoms with E-state index in [0.29, 0.717) is 12.8 Å². The molecule has 0 unspecified atom stereocenters. The van der Waals surface area contributed by atoms with Crippen molar-refractivity contribution in [3.05, 3.63) is 18.2 Å². The third-order valence-corrected chi connectivity index (χ3v) is 3.38. The average Bonchev–Trinajstić information content (AvgIpc) is 2.73. The topological polar surface area (TPSA) is 64.2 Å². The summed E-state index contributed by atoms with van der Waals surface area (Å²) in [5, 5.41) is 0. The van der Waals surface area contributed by atoms with Crippen molar-refractivity contribution in [2.45, 2.75) is 31.7 Å². The Kier molecular flexibility index (Phi) is 3.78. The van der Waals surface area contributed by atoms with E-state index in [9.17, 15) is 4.79 Å². The van der Waals surface area contributed by atoms with Crippen LogP contribution in [-0.4, -0.2) is 39.5 Å². The molecule has 1 amide bonds. The minimum atomic E-state index is 0.222. The standard InChI is InChI=1S/C12H20N4O/c1-15-9-6-14-11(15)2-3-12(17)16-7-4-10(13)5-8-16/h6,9-10H,2-5,7-8,13H2,1H3. The van der Waals surface area contributed by atoms with E-state index in [1.165, 1.54) is 0 Å². The quantitative estimate of drug-likeness (QED) is 0.821. The summed E-state index contributed by atoms with van der Waals surface area (Å²) in [7, 11) is 1.95. The summed E-state index contributed by atoms with van der Waals surface area (Å²) < 4.78 is 1.96. The van der Waals surface area contributed by atoms with Gasteiger partial charge < -0.3 is 15.2 Å². The summed E-state index contributed by atoms with van der Waals surface area (Å²) in [4.78, 5) is 18.1. The van der Waals surface area contributed by atoms with Crippen molar-refractivity contribution in [1.82, 2.24) is 14.5 Å². The smallest absolute Gasteiger partial charge is 0.223 e. The first kappa shape index (κ1) is 12.1. The third-order valence-electron chi connectivity index (χ3n) is 3.38. The molecule has 17 heavy (non-hydrogen) atoms. The SMILES string of the molecule is Cn1ccnc1CCC(=O)N1CCC(N)CC1. The predicted octanol–water partition coefficient (Wildman–Crippen LogP) is 0.302. The molecule has 2 heterocycles. The fourth-order valence-corrected chi connectivity index (χ4v) is 2.16. The second-order valence-electron chi connectivity index (χ2n) is 4.67. The van der Waals surface area contributed by atoms with E-state index in [4.69, 9.17) is 5.73 Å². The highest BCUT2D eigenvalue weighted by molar-refractivity contribution is 5.76. The molecule has 0 atom stereocenters. The van der Waals surface area contributed by atoms with Crippen molar-refractivity contribution < 1.29 is 4.79 Å². The molecule has 1 saturated heterocycles. The first-order valence-electron chi connectivity index (χ1n) is 6.16. The first-order valence-corrected chi connectivity index (χ1v) is 6.16. The van der Waals surface area contributed by atoms with E-state index in [2.05, 4.69) is 4.98 Å². The van der Waals surface area contributed by atoms with E-state index >= 15 is 0 Å². The summed E-state index contributed by atoms with van der Waals surface area (Å²) in [6, 6.07) is 0.272. The average molecular weight is 236 g/mol. The Bertz CT molecular complexity index is 380. The van der Waals surface area contributed by atoms with E-state index in [0.717, 1.165) is 31.8 Å². The lowest BCUT2D eigenvalue weighted by atomic mass is 10.1. The predicted molar refractivity (Wildman–Crippen MR) is 65.3 cm³/mol. The van der Waals surface area contributed by atoms with Crippen LogP contribution in [0.3, 0.4) is 0 Å². The van der Waals surface area contributed by atoms with E-state index in [-0.39, 0.29) is 11.9 Å². The van der Waals surface area contributed by atoms with Crippen molar-refractivity contribution in [1.29, 1.82) is 0 Å². The van der Waals surface area contributed by atoms with Crippen LogP contribution in [0.4, 0.5) is 0 Å². The lowest BCUT2D eigenvalue weighted by Gasteiger charge is -2.30. The van der Waals surface area contributed by atoms with Crippen LogP contribution in [0.5, 0.6) is 0 Å². The van der Waals surface area contributed by atoms with Gasteiger partial charge in [-0.2, -0.15) is 0 Å². The van der Waals surface area contributed by atoms with Crippen LogP contribution >= 0.6 is 0 Å². The minimum absolute atomic E-state index is 0.222. The number of imidazole rings is 1. The van der Waals surface area contributed by atoms with Gasteiger partial charge in [-0.1, -0.05) is 0 Å². The van der Waals surface area contributed by atoms with Crippen molar-refractivity contribution in [2.24, 2.45) is 12.8 Å². The molecule has 0 bridgehead atoms. The van der Waals surface area contributed by atoms with Gasteiger partial charge in [-0.15, -0.1) is 0 Å². The van der Waals surface area contributed by atoms with E-state index in [1.807, 2.05) is 22.7 Å². The first-order chi connectivity index (χ1) is 8.16. The molecule has 1 aromatic heterocycles. The van der Waals surface area contributed by atoms with Crippen LogP contribution in [0.15, 0.2) is 12.4 Å². The number of nitrogens with zero attached hydrogens (tertiary/aromatic N) is 3. The van der Waals surface area contributed by atoms with Gasteiger partial charge in [0.15, 0.2) is 0 Å². The second-order valence-corrected chi connectivity index (χ2v) is 4.67. The molecule has 2 N–H and O–H groups in total. The van der Waals surface area contributed by atoms with Gasteiger partial charge in [0.25, 0.3) is 0 Å². The van der Waals surface area contributed by atoms with Crippen LogP contribution in [-0.2, 0) is 18.3 Å². The van der Waals surface area contributed by atoms with Gasteiger partial charge in [-0.3, -0.25) is 4.79 Å². The number of carbonyl (C=O) groups is 1. The fraction of sp³-hybridized carbons (Fsp3) is 0.667. The summed E-state index contributed by atoms with van der Waals surface area (Å²) >= 11 is 0. The largest absolute Gasteiger partial charge is 0.343 e. The van der Waals surface area contributed by atoms with Crippen molar-refractivity contribution in [3.8, 4) is 0 Å². The van der Waals surface area contributed by atoms with E-state index < -0.39 is 0 Å². The second kappa shape index (κ2) is 5.31. The minimum Gasteiger partial charge on any atom is -0.343 e. The maximum atomic E-state index is 12.0. The monoisotopic (exact) mass is 236 g/mol. The summed E-state index contributed by atoms with van der Waals surface area (Å²) in [5.74, 6) is 1.19. The lowest BCUT2D eigenvalue weighted by molar-refractivity contribution is -0.132.